The Hall–Kier alpha value is -1.39. The Labute approximate surface area is 120 Å². The molecule has 0 aliphatic carbocycles. The predicted octanol–water partition coefficient (Wildman–Crippen LogP) is 3.67. The van der Waals surface area contributed by atoms with Crippen LogP contribution in [-0.2, 0) is 13.0 Å². The number of rotatable bonds is 5. The third kappa shape index (κ3) is 4.04. The summed E-state index contributed by atoms with van der Waals surface area (Å²) in [7, 11) is 0. The van der Waals surface area contributed by atoms with Crippen LogP contribution in [0.4, 0.5) is 4.39 Å². The second-order valence-corrected chi connectivity index (χ2v) is 5.06. The summed E-state index contributed by atoms with van der Waals surface area (Å²) >= 11 is 3.32. The molecule has 0 aliphatic rings. The topological polar surface area (TPSA) is 35.2 Å². The van der Waals surface area contributed by atoms with E-state index in [1.165, 1.54) is 12.1 Å². The van der Waals surface area contributed by atoms with Gasteiger partial charge >= 0.3 is 0 Å². The second kappa shape index (κ2) is 6.68. The fourth-order valence-corrected chi connectivity index (χ4v) is 2.22. The first-order valence-electron chi connectivity index (χ1n) is 6.05. The van der Waals surface area contributed by atoms with E-state index in [-0.39, 0.29) is 5.82 Å². The highest BCUT2D eigenvalue weighted by atomic mass is 79.9. The highest BCUT2D eigenvalue weighted by Gasteiger charge is 2.03. The molecule has 0 atom stereocenters. The van der Waals surface area contributed by atoms with Crippen molar-refractivity contribution in [3.63, 3.8) is 0 Å². The van der Waals surface area contributed by atoms with Crippen molar-refractivity contribution >= 4 is 15.9 Å². The molecule has 100 valence electrons. The van der Waals surface area contributed by atoms with Crippen LogP contribution in [0, 0.1) is 5.82 Å². The average Bonchev–Trinajstić information content (AvgIpc) is 2.38. The summed E-state index contributed by atoms with van der Waals surface area (Å²) < 4.78 is 19.4. The van der Waals surface area contributed by atoms with Gasteiger partial charge in [-0.25, -0.2) is 4.39 Å². The number of halogens is 2. The molecule has 2 aromatic carbocycles. The zero-order chi connectivity index (χ0) is 13.7. The molecule has 2 rings (SSSR count). The quantitative estimate of drug-likeness (QED) is 0.911. The van der Waals surface area contributed by atoms with Crippen LogP contribution in [0.3, 0.4) is 0 Å². The van der Waals surface area contributed by atoms with Crippen molar-refractivity contribution in [2.45, 2.75) is 13.0 Å². The van der Waals surface area contributed by atoms with E-state index in [4.69, 9.17) is 10.5 Å². The molecule has 0 saturated carbocycles. The minimum Gasteiger partial charge on any atom is -0.489 e. The third-order valence-corrected chi connectivity index (χ3v) is 3.48. The highest BCUT2D eigenvalue weighted by molar-refractivity contribution is 9.10. The predicted molar refractivity (Wildman–Crippen MR) is 77.6 cm³/mol. The van der Waals surface area contributed by atoms with Crippen molar-refractivity contribution in [2.24, 2.45) is 5.73 Å². The lowest BCUT2D eigenvalue weighted by Gasteiger charge is -2.09. The van der Waals surface area contributed by atoms with Crippen LogP contribution < -0.4 is 10.5 Å². The first-order chi connectivity index (χ1) is 9.19. The molecule has 4 heteroatoms. The lowest BCUT2D eigenvalue weighted by Crippen LogP contribution is -2.03. The normalized spacial score (nSPS) is 10.5. The first kappa shape index (κ1) is 14.0. The largest absolute Gasteiger partial charge is 0.489 e. The smallest absolute Gasteiger partial charge is 0.124 e. The van der Waals surface area contributed by atoms with E-state index in [0.29, 0.717) is 17.6 Å². The van der Waals surface area contributed by atoms with Crippen LogP contribution in [0.25, 0.3) is 0 Å². The average molecular weight is 324 g/mol. The van der Waals surface area contributed by atoms with Gasteiger partial charge in [-0.15, -0.1) is 0 Å². The van der Waals surface area contributed by atoms with Crippen molar-refractivity contribution in [3.05, 3.63) is 63.9 Å². The summed E-state index contributed by atoms with van der Waals surface area (Å²) in [6.07, 6.45) is 0.831. The number of hydrogen-bond donors (Lipinski definition) is 1. The zero-order valence-electron chi connectivity index (χ0n) is 10.4. The lowest BCUT2D eigenvalue weighted by atomic mass is 10.1. The SMILES string of the molecule is NCCc1cccc(OCc2ccc(F)cc2Br)c1. The maximum absolute atomic E-state index is 13.0. The molecular weight excluding hydrogens is 309 g/mol. The van der Waals surface area contributed by atoms with Gasteiger partial charge in [0.1, 0.15) is 18.2 Å². The Balaban J connectivity index is 2.03. The van der Waals surface area contributed by atoms with E-state index in [1.54, 1.807) is 6.07 Å². The van der Waals surface area contributed by atoms with E-state index in [1.807, 2.05) is 24.3 Å². The standard InChI is InChI=1S/C15H15BrFNO/c16-15-9-13(17)5-4-12(15)10-19-14-3-1-2-11(8-14)6-7-18/h1-5,8-9H,6-7,10,18H2. The summed E-state index contributed by atoms with van der Waals surface area (Å²) in [4.78, 5) is 0. The van der Waals surface area contributed by atoms with E-state index < -0.39 is 0 Å². The number of nitrogens with two attached hydrogens (primary N) is 1. The van der Waals surface area contributed by atoms with Gasteiger partial charge in [-0.05, 0) is 42.8 Å². The van der Waals surface area contributed by atoms with Gasteiger partial charge in [0.25, 0.3) is 0 Å². The number of hydrogen-bond acceptors (Lipinski definition) is 2. The van der Waals surface area contributed by atoms with Crippen molar-refractivity contribution < 1.29 is 9.13 Å². The van der Waals surface area contributed by atoms with Gasteiger partial charge in [0.05, 0.1) is 0 Å². The van der Waals surface area contributed by atoms with Crippen LogP contribution in [0.5, 0.6) is 5.75 Å². The molecule has 0 heterocycles. The van der Waals surface area contributed by atoms with Gasteiger partial charge in [-0.1, -0.05) is 34.1 Å². The van der Waals surface area contributed by atoms with Gasteiger partial charge in [0, 0.05) is 10.0 Å². The fraction of sp³-hybridized carbons (Fsp3) is 0.200. The molecule has 0 bridgehead atoms. The van der Waals surface area contributed by atoms with Gasteiger partial charge in [0.15, 0.2) is 0 Å². The van der Waals surface area contributed by atoms with Crippen LogP contribution in [-0.4, -0.2) is 6.54 Å². The molecule has 2 aromatic rings. The molecule has 2 N–H and O–H groups in total. The number of ether oxygens (including phenoxy) is 1. The number of benzene rings is 2. The summed E-state index contributed by atoms with van der Waals surface area (Å²) in [6.45, 7) is 1.01. The molecular formula is C15H15BrFNO. The Morgan fingerprint density at radius 3 is 2.74 bits per heavy atom. The fourth-order valence-electron chi connectivity index (χ4n) is 1.76. The van der Waals surface area contributed by atoms with E-state index >= 15 is 0 Å². The highest BCUT2D eigenvalue weighted by Crippen LogP contribution is 2.21. The summed E-state index contributed by atoms with van der Waals surface area (Å²) in [5.74, 6) is 0.530. The summed E-state index contributed by atoms with van der Waals surface area (Å²) in [6, 6.07) is 12.4. The van der Waals surface area contributed by atoms with Gasteiger partial charge in [-0.2, -0.15) is 0 Å². The van der Waals surface area contributed by atoms with Gasteiger partial charge in [-0.3, -0.25) is 0 Å². The molecule has 0 fully saturated rings. The van der Waals surface area contributed by atoms with Crippen molar-refractivity contribution in [3.8, 4) is 5.75 Å². The molecule has 0 amide bonds. The van der Waals surface area contributed by atoms with Crippen LogP contribution in [0.1, 0.15) is 11.1 Å². The molecule has 0 radical (unpaired) electrons. The second-order valence-electron chi connectivity index (χ2n) is 4.21. The summed E-state index contributed by atoms with van der Waals surface area (Å²) in [5, 5.41) is 0. The van der Waals surface area contributed by atoms with Crippen molar-refractivity contribution in [2.75, 3.05) is 6.54 Å². The molecule has 19 heavy (non-hydrogen) atoms. The monoisotopic (exact) mass is 323 g/mol. The minimum atomic E-state index is -0.263. The van der Waals surface area contributed by atoms with Crippen LogP contribution >= 0.6 is 15.9 Å². The molecule has 0 aromatic heterocycles. The van der Waals surface area contributed by atoms with Crippen molar-refractivity contribution in [1.29, 1.82) is 0 Å². The third-order valence-electron chi connectivity index (χ3n) is 2.74. The van der Waals surface area contributed by atoms with E-state index in [9.17, 15) is 4.39 Å². The zero-order valence-corrected chi connectivity index (χ0v) is 12.0. The summed E-state index contributed by atoms with van der Waals surface area (Å²) in [5.41, 5.74) is 7.59. The van der Waals surface area contributed by atoms with Crippen LogP contribution in [0.2, 0.25) is 0 Å². The van der Waals surface area contributed by atoms with Crippen LogP contribution in [0.15, 0.2) is 46.9 Å². The maximum Gasteiger partial charge on any atom is 0.124 e. The maximum atomic E-state index is 13.0. The van der Waals surface area contributed by atoms with Crippen molar-refractivity contribution in [1.82, 2.24) is 0 Å². The van der Waals surface area contributed by atoms with E-state index in [2.05, 4.69) is 15.9 Å². The van der Waals surface area contributed by atoms with E-state index in [0.717, 1.165) is 23.3 Å². The minimum absolute atomic E-state index is 0.263. The Morgan fingerprint density at radius 1 is 1.16 bits per heavy atom. The molecule has 0 aliphatic heterocycles. The molecule has 2 nitrogen and oxygen atoms in total. The van der Waals surface area contributed by atoms with Gasteiger partial charge in [0.2, 0.25) is 0 Å². The van der Waals surface area contributed by atoms with Gasteiger partial charge < -0.3 is 10.5 Å². The molecule has 0 spiro atoms. The molecule has 0 unspecified atom stereocenters. The molecule has 0 saturated heterocycles. The Bertz CT molecular complexity index is 560. The first-order valence-corrected chi connectivity index (χ1v) is 6.84. The Kier molecular flexibility index (Phi) is 4.93. The lowest BCUT2D eigenvalue weighted by molar-refractivity contribution is 0.305. The Morgan fingerprint density at radius 2 is 2.00 bits per heavy atom.